The van der Waals surface area contributed by atoms with Crippen LogP contribution in [0.4, 0.5) is 5.88 Å². The first-order valence-corrected chi connectivity index (χ1v) is 7.82. The molecule has 2 bridgehead atoms. The summed E-state index contributed by atoms with van der Waals surface area (Å²) in [4.78, 5) is 19.2. The number of hydrogen-bond acceptors (Lipinski definition) is 5. The molecule has 4 rings (SSSR count). The molecule has 2 N–H and O–H groups in total. The zero-order chi connectivity index (χ0) is 15.1. The quantitative estimate of drug-likeness (QED) is 0.903. The molecule has 2 aliphatic rings. The van der Waals surface area contributed by atoms with Crippen LogP contribution in [0.2, 0.25) is 0 Å². The van der Waals surface area contributed by atoms with Gasteiger partial charge in [-0.1, -0.05) is 0 Å². The summed E-state index contributed by atoms with van der Waals surface area (Å²) in [5.74, 6) is 1.22. The van der Waals surface area contributed by atoms with E-state index in [4.69, 9.17) is 4.42 Å². The molecule has 2 aromatic heterocycles. The van der Waals surface area contributed by atoms with Crippen LogP contribution in [0.3, 0.4) is 0 Å². The molecule has 2 aromatic rings. The summed E-state index contributed by atoms with van der Waals surface area (Å²) in [7, 11) is 1.79. The number of aromatic nitrogens is 1. The number of anilines is 1. The lowest BCUT2D eigenvalue weighted by atomic mass is 9.97. The molecular formula is C16H20N4O2. The van der Waals surface area contributed by atoms with Crippen molar-refractivity contribution in [2.45, 2.75) is 18.9 Å². The van der Waals surface area contributed by atoms with Crippen LogP contribution in [0.25, 0.3) is 11.0 Å². The first kappa shape index (κ1) is 13.6. The highest BCUT2D eigenvalue weighted by Gasteiger charge is 2.33. The Morgan fingerprint density at radius 3 is 3.18 bits per heavy atom. The minimum atomic E-state index is -0.143. The molecule has 116 valence electrons. The number of pyridine rings is 1. The zero-order valence-electron chi connectivity index (χ0n) is 12.6. The molecule has 0 saturated carbocycles. The average Bonchev–Trinajstić information content (AvgIpc) is 3.09. The van der Waals surface area contributed by atoms with Crippen LogP contribution in [0.1, 0.15) is 23.3 Å². The van der Waals surface area contributed by atoms with Gasteiger partial charge >= 0.3 is 0 Å². The van der Waals surface area contributed by atoms with Crippen LogP contribution in [-0.4, -0.2) is 48.5 Å². The molecule has 1 amide bonds. The van der Waals surface area contributed by atoms with Gasteiger partial charge in [0.1, 0.15) is 0 Å². The second-order valence-corrected chi connectivity index (χ2v) is 6.26. The van der Waals surface area contributed by atoms with E-state index < -0.39 is 0 Å². The first-order chi connectivity index (χ1) is 10.7. The topological polar surface area (TPSA) is 70.4 Å². The molecule has 1 unspecified atom stereocenters. The van der Waals surface area contributed by atoms with Gasteiger partial charge in [-0.3, -0.25) is 4.79 Å². The molecule has 0 aromatic carbocycles. The highest BCUT2D eigenvalue weighted by molar-refractivity contribution is 6.03. The van der Waals surface area contributed by atoms with Gasteiger partial charge in [0.2, 0.25) is 0 Å². The number of hydrogen-bond donors (Lipinski definition) is 2. The van der Waals surface area contributed by atoms with E-state index in [1.165, 1.54) is 13.0 Å². The number of nitrogens with one attached hydrogen (secondary N) is 2. The van der Waals surface area contributed by atoms with E-state index >= 15 is 0 Å². The first-order valence-electron chi connectivity index (χ1n) is 7.82. The Morgan fingerprint density at radius 1 is 1.45 bits per heavy atom. The van der Waals surface area contributed by atoms with E-state index in [0.717, 1.165) is 30.8 Å². The van der Waals surface area contributed by atoms with E-state index in [2.05, 4.69) is 20.5 Å². The molecule has 2 fully saturated rings. The van der Waals surface area contributed by atoms with E-state index in [1.54, 1.807) is 13.2 Å². The van der Waals surface area contributed by atoms with Gasteiger partial charge in [-0.05, 0) is 31.4 Å². The Hall–Kier alpha value is -2.08. The molecule has 2 aliphatic heterocycles. The average molecular weight is 300 g/mol. The van der Waals surface area contributed by atoms with Crippen molar-refractivity contribution in [1.82, 2.24) is 15.2 Å². The zero-order valence-corrected chi connectivity index (χ0v) is 12.6. The fourth-order valence-electron chi connectivity index (χ4n) is 3.67. The smallest absolute Gasteiger partial charge is 0.274 e. The fourth-order valence-corrected chi connectivity index (χ4v) is 3.67. The Balaban J connectivity index is 1.56. The van der Waals surface area contributed by atoms with Gasteiger partial charge in [-0.15, -0.1) is 0 Å². The maximum absolute atomic E-state index is 12.6. The van der Waals surface area contributed by atoms with Crippen molar-refractivity contribution in [1.29, 1.82) is 0 Å². The monoisotopic (exact) mass is 300 g/mol. The normalized spacial score (nSPS) is 27.0. The number of rotatable bonds is 3. The Labute approximate surface area is 128 Å². The summed E-state index contributed by atoms with van der Waals surface area (Å²) in [5, 5.41) is 6.97. The molecule has 0 radical (unpaired) electrons. The highest BCUT2D eigenvalue weighted by atomic mass is 16.4. The maximum Gasteiger partial charge on any atom is 0.274 e. The molecular weight excluding hydrogens is 280 g/mol. The van der Waals surface area contributed by atoms with Crippen LogP contribution in [-0.2, 0) is 0 Å². The second kappa shape index (κ2) is 5.28. The van der Waals surface area contributed by atoms with Crippen LogP contribution >= 0.6 is 0 Å². The lowest BCUT2D eigenvalue weighted by Gasteiger charge is -2.30. The summed E-state index contributed by atoms with van der Waals surface area (Å²) in [5.41, 5.74) is 0.912. The van der Waals surface area contributed by atoms with Crippen molar-refractivity contribution in [2.75, 3.05) is 32.0 Å². The number of nitrogens with zero attached hydrogens (tertiary/aromatic N) is 2. The summed E-state index contributed by atoms with van der Waals surface area (Å²) in [6.07, 6.45) is 3.97. The van der Waals surface area contributed by atoms with Crippen LogP contribution in [0, 0.1) is 5.92 Å². The SMILES string of the molecule is CNc1cc2ccnc(C(=O)N[C@@H]3C[C@H]4CCN(C4)C3)c2o1. The van der Waals surface area contributed by atoms with E-state index in [1.807, 2.05) is 12.1 Å². The Bertz CT molecular complexity index is 699. The van der Waals surface area contributed by atoms with Crippen LogP contribution in [0.15, 0.2) is 22.7 Å². The van der Waals surface area contributed by atoms with E-state index in [9.17, 15) is 4.79 Å². The third-order valence-electron chi connectivity index (χ3n) is 4.70. The van der Waals surface area contributed by atoms with Crippen LogP contribution in [0.5, 0.6) is 0 Å². The van der Waals surface area contributed by atoms with E-state index in [-0.39, 0.29) is 11.9 Å². The van der Waals surface area contributed by atoms with Crippen molar-refractivity contribution in [3.05, 3.63) is 24.0 Å². The molecule has 3 atom stereocenters. The molecule has 0 spiro atoms. The number of amides is 1. The second-order valence-electron chi connectivity index (χ2n) is 6.26. The number of piperidine rings is 1. The molecule has 4 heterocycles. The predicted molar refractivity (Wildman–Crippen MR) is 84.0 cm³/mol. The van der Waals surface area contributed by atoms with Gasteiger partial charge < -0.3 is 20.0 Å². The molecule has 6 heteroatoms. The molecule has 22 heavy (non-hydrogen) atoms. The number of furan rings is 1. The maximum atomic E-state index is 12.6. The van der Waals surface area contributed by atoms with Crippen LogP contribution < -0.4 is 10.6 Å². The molecule has 0 aliphatic carbocycles. The largest absolute Gasteiger partial charge is 0.438 e. The third kappa shape index (κ3) is 2.33. The van der Waals surface area contributed by atoms with Gasteiger partial charge in [0, 0.05) is 43.8 Å². The number of carbonyl (C=O) groups is 1. The van der Waals surface area contributed by atoms with Crippen molar-refractivity contribution in [3.8, 4) is 0 Å². The fraction of sp³-hybridized carbons (Fsp3) is 0.500. The van der Waals surface area contributed by atoms with Crippen molar-refractivity contribution in [3.63, 3.8) is 0 Å². The van der Waals surface area contributed by atoms with Gasteiger partial charge in [0.25, 0.3) is 5.91 Å². The molecule has 2 saturated heterocycles. The van der Waals surface area contributed by atoms with Gasteiger partial charge in [0.05, 0.1) is 0 Å². The molecule has 6 nitrogen and oxygen atoms in total. The third-order valence-corrected chi connectivity index (χ3v) is 4.70. The van der Waals surface area contributed by atoms with Gasteiger partial charge in [0.15, 0.2) is 17.2 Å². The highest BCUT2D eigenvalue weighted by Crippen LogP contribution is 2.28. The van der Waals surface area contributed by atoms with Crippen molar-refractivity contribution in [2.24, 2.45) is 5.92 Å². The standard InChI is InChI=1S/C16H20N4O2/c1-17-13-7-11-2-4-18-14(15(11)22-13)16(21)19-12-6-10-3-5-20(8-10)9-12/h2,4,7,10,12,17H,3,5-6,8-9H2,1H3,(H,19,21)/t10-,12-/m1/s1. The Morgan fingerprint density at radius 2 is 2.36 bits per heavy atom. The number of fused-ring (bicyclic) bond motifs is 3. The lowest BCUT2D eigenvalue weighted by molar-refractivity contribution is 0.0905. The summed E-state index contributed by atoms with van der Waals surface area (Å²) in [6.45, 7) is 3.29. The van der Waals surface area contributed by atoms with Crippen molar-refractivity contribution >= 4 is 22.8 Å². The van der Waals surface area contributed by atoms with Crippen molar-refractivity contribution < 1.29 is 9.21 Å². The number of carbonyl (C=O) groups excluding carboxylic acids is 1. The van der Waals surface area contributed by atoms with Gasteiger partial charge in [-0.25, -0.2) is 4.98 Å². The summed E-state index contributed by atoms with van der Waals surface area (Å²) in [6, 6.07) is 3.94. The minimum Gasteiger partial charge on any atom is -0.438 e. The van der Waals surface area contributed by atoms with E-state index in [0.29, 0.717) is 17.2 Å². The predicted octanol–water partition coefficient (Wildman–Crippen LogP) is 1.69. The van der Waals surface area contributed by atoms with Gasteiger partial charge in [-0.2, -0.15) is 0 Å². The Kier molecular flexibility index (Phi) is 3.26. The summed E-state index contributed by atoms with van der Waals surface area (Å²) >= 11 is 0. The summed E-state index contributed by atoms with van der Waals surface area (Å²) < 4.78 is 5.67. The minimum absolute atomic E-state index is 0.143. The lowest BCUT2D eigenvalue weighted by Crippen LogP contribution is -2.47.